The highest BCUT2D eigenvalue weighted by Crippen LogP contribution is 2.31. The number of para-hydroxylation sites is 1. The average molecular weight is 318 g/mol. The van der Waals surface area contributed by atoms with Gasteiger partial charge in [-0.1, -0.05) is 12.1 Å². The van der Waals surface area contributed by atoms with Crippen LogP contribution in [-0.2, 0) is 0 Å². The van der Waals surface area contributed by atoms with Crippen LogP contribution < -0.4 is 11.1 Å². The molecule has 6 nitrogen and oxygen atoms in total. The molecule has 0 spiro atoms. The lowest BCUT2D eigenvalue weighted by molar-refractivity contribution is 0.477. The summed E-state index contributed by atoms with van der Waals surface area (Å²) in [5.74, 6) is 0.755. The molecule has 1 saturated heterocycles. The Morgan fingerprint density at radius 2 is 2.09 bits per heavy atom. The highest BCUT2D eigenvalue weighted by atomic mass is 35.5. The molecule has 1 atom stereocenters. The van der Waals surface area contributed by atoms with Crippen molar-refractivity contribution in [1.29, 1.82) is 5.26 Å². The number of aromatic hydroxyl groups is 1. The maximum atomic E-state index is 9.94. The predicted octanol–water partition coefficient (Wildman–Crippen LogP) is 1.80. The number of anilines is 1. The van der Waals surface area contributed by atoms with Crippen molar-refractivity contribution in [3.05, 3.63) is 35.5 Å². The molecule has 1 aromatic carbocycles. The van der Waals surface area contributed by atoms with Gasteiger partial charge >= 0.3 is 0 Å². The van der Waals surface area contributed by atoms with Crippen molar-refractivity contribution < 1.29 is 5.11 Å². The number of aromatic nitrogens is 2. The minimum absolute atomic E-state index is 0. The fourth-order valence-electron chi connectivity index (χ4n) is 2.58. The lowest BCUT2D eigenvalue weighted by atomic mass is 9.99. The highest BCUT2D eigenvalue weighted by Gasteiger charge is 2.24. The second kappa shape index (κ2) is 6.60. The standard InChI is InChI=1S/C15H15N5O.ClH/c16-7-11-13(9-5-6-18-8-9)19-15(20-14(11)17)10-3-1-2-4-12(10)21;/h1-4,9,18,21H,5-6,8H2,(H2,17,19,20);1H. The van der Waals surface area contributed by atoms with Gasteiger partial charge in [-0.3, -0.25) is 0 Å². The molecule has 2 aromatic rings. The fraction of sp³-hybridized carbons (Fsp3) is 0.267. The van der Waals surface area contributed by atoms with Gasteiger partial charge in [0.25, 0.3) is 0 Å². The van der Waals surface area contributed by atoms with E-state index in [1.165, 1.54) is 0 Å². The lowest BCUT2D eigenvalue weighted by Crippen LogP contribution is -2.13. The molecule has 22 heavy (non-hydrogen) atoms. The molecule has 4 N–H and O–H groups in total. The van der Waals surface area contributed by atoms with E-state index >= 15 is 0 Å². The number of hydrogen-bond donors (Lipinski definition) is 3. The number of phenolic OH excluding ortho intramolecular Hbond substituents is 1. The van der Waals surface area contributed by atoms with Gasteiger partial charge in [0, 0.05) is 12.5 Å². The van der Waals surface area contributed by atoms with Crippen molar-refractivity contribution >= 4 is 18.2 Å². The van der Waals surface area contributed by atoms with Gasteiger partial charge < -0.3 is 16.2 Å². The monoisotopic (exact) mass is 317 g/mol. The van der Waals surface area contributed by atoms with Crippen molar-refractivity contribution in [2.75, 3.05) is 18.8 Å². The number of nitrogens with two attached hydrogens (primary N) is 1. The topological polar surface area (TPSA) is 108 Å². The van der Waals surface area contributed by atoms with Crippen LogP contribution in [0.15, 0.2) is 24.3 Å². The Balaban J connectivity index is 0.00000176. The van der Waals surface area contributed by atoms with Crippen LogP contribution in [0.5, 0.6) is 5.75 Å². The molecule has 1 unspecified atom stereocenters. The van der Waals surface area contributed by atoms with E-state index in [0.29, 0.717) is 22.6 Å². The van der Waals surface area contributed by atoms with Gasteiger partial charge in [-0.2, -0.15) is 5.26 Å². The normalized spacial score (nSPS) is 16.8. The summed E-state index contributed by atoms with van der Waals surface area (Å²) in [6, 6.07) is 8.92. The Morgan fingerprint density at radius 1 is 1.32 bits per heavy atom. The summed E-state index contributed by atoms with van der Waals surface area (Å²) in [5.41, 5.74) is 7.42. The zero-order valence-electron chi connectivity index (χ0n) is 11.8. The van der Waals surface area contributed by atoms with Gasteiger partial charge in [0.05, 0.1) is 11.3 Å². The summed E-state index contributed by atoms with van der Waals surface area (Å²) in [4.78, 5) is 8.67. The van der Waals surface area contributed by atoms with Gasteiger partial charge in [-0.15, -0.1) is 12.4 Å². The Labute approximate surface area is 134 Å². The zero-order valence-corrected chi connectivity index (χ0v) is 12.6. The molecule has 1 fully saturated rings. The van der Waals surface area contributed by atoms with Crippen LogP contribution in [-0.4, -0.2) is 28.2 Å². The van der Waals surface area contributed by atoms with Crippen LogP contribution in [0.3, 0.4) is 0 Å². The van der Waals surface area contributed by atoms with Crippen LogP contribution in [0.1, 0.15) is 23.6 Å². The SMILES string of the molecule is Cl.N#Cc1c(N)nc(-c2ccccc2O)nc1C1CCNC1. The number of rotatable bonds is 2. The first kappa shape index (κ1) is 16.0. The second-order valence-corrected chi connectivity index (χ2v) is 5.01. The maximum Gasteiger partial charge on any atom is 0.165 e. The Morgan fingerprint density at radius 3 is 2.73 bits per heavy atom. The van der Waals surface area contributed by atoms with Crippen molar-refractivity contribution in [1.82, 2.24) is 15.3 Å². The second-order valence-electron chi connectivity index (χ2n) is 5.01. The molecule has 0 amide bonds. The number of benzene rings is 1. The number of nitrogen functional groups attached to an aromatic ring is 1. The van der Waals surface area contributed by atoms with Crippen molar-refractivity contribution in [3.63, 3.8) is 0 Å². The smallest absolute Gasteiger partial charge is 0.165 e. The van der Waals surface area contributed by atoms with E-state index in [2.05, 4.69) is 21.4 Å². The first-order valence-corrected chi connectivity index (χ1v) is 6.77. The molecule has 1 aromatic heterocycles. The van der Waals surface area contributed by atoms with Crippen LogP contribution in [0, 0.1) is 11.3 Å². The molecule has 0 bridgehead atoms. The van der Waals surface area contributed by atoms with E-state index < -0.39 is 0 Å². The fourth-order valence-corrected chi connectivity index (χ4v) is 2.58. The summed E-state index contributed by atoms with van der Waals surface area (Å²) >= 11 is 0. The van der Waals surface area contributed by atoms with Crippen molar-refractivity contribution in [2.24, 2.45) is 0 Å². The number of phenols is 1. The Kier molecular flexibility index (Phi) is 4.81. The molecule has 3 rings (SSSR count). The molecular weight excluding hydrogens is 302 g/mol. The van der Waals surface area contributed by atoms with Crippen LogP contribution in [0.25, 0.3) is 11.4 Å². The molecule has 0 saturated carbocycles. The molecule has 1 aliphatic rings. The molecule has 0 aliphatic carbocycles. The van der Waals surface area contributed by atoms with Gasteiger partial charge in [0.2, 0.25) is 0 Å². The third-order valence-corrected chi connectivity index (χ3v) is 3.67. The lowest BCUT2D eigenvalue weighted by Gasteiger charge is -2.13. The quantitative estimate of drug-likeness (QED) is 0.779. The van der Waals surface area contributed by atoms with E-state index in [4.69, 9.17) is 5.73 Å². The van der Waals surface area contributed by atoms with Gasteiger partial charge in [-0.25, -0.2) is 9.97 Å². The molecular formula is C15H16ClN5O. The largest absolute Gasteiger partial charge is 0.507 e. The third-order valence-electron chi connectivity index (χ3n) is 3.67. The number of hydrogen-bond acceptors (Lipinski definition) is 6. The first-order chi connectivity index (χ1) is 10.2. The van der Waals surface area contributed by atoms with E-state index in [1.807, 2.05) is 0 Å². The number of halogens is 1. The minimum Gasteiger partial charge on any atom is -0.507 e. The molecule has 7 heteroatoms. The van der Waals surface area contributed by atoms with E-state index in [-0.39, 0.29) is 29.9 Å². The number of nitrogens with zero attached hydrogens (tertiary/aromatic N) is 3. The summed E-state index contributed by atoms with van der Waals surface area (Å²) in [6.45, 7) is 1.66. The Hall–Kier alpha value is -2.36. The summed E-state index contributed by atoms with van der Waals surface area (Å²) in [5, 5.41) is 22.5. The number of nitrogens with one attached hydrogen (secondary N) is 1. The molecule has 0 radical (unpaired) electrons. The van der Waals surface area contributed by atoms with Crippen molar-refractivity contribution in [3.8, 4) is 23.2 Å². The van der Waals surface area contributed by atoms with Crippen LogP contribution >= 0.6 is 12.4 Å². The van der Waals surface area contributed by atoms with Crippen molar-refractivity contribution in [2.45, 2.75) is 12.3 Å². The molecule has 114 valence electrons. The maximum absolute atomic E-state index is 9.94. The van der Waals surface area contributed by atoms with Crippen LogP contribution in [0.4, 0.5) is 5.82 Å². The van der Waals surface area contributed by atoms with Crippen LogP contribution in [0.2, 0.25) is 0 Å². The van der Waals surface area contributed by atoms with Gasteiger partial charge in [0.15, 0.2) is 5.82 Å². The Bertz CT molecular complexity index is 722. The summed E-state index contributed by atoms with van der Waals surface area (Å²) in [6.07, 6.45) is 0.908. The average Bonchev–Trinajstić information content (AvgIpc) is 3.01. The molecule has 1 aliphatic heterocycles. The molecule has 2 heterocycles. The summed E-state index contributed by atoms with van der Waals surface area (Å²) < 4.78 is 0. The minimum atomic E-state index is 0. The van der Waals surface area contributed by atoms with E-state index in [1.54, 1.807) is 24.3 Å². The zero-order chi connectivity index (χ0) is 14.8. The first-order valence-electron chi connectivity index (χ1n) is 6.77. The van der Waals surface area contributed by atoms with Gasteiger partial charge in [-0.05, 0) is 25.1 Å². The van der Waals surface area contributed by atoms with Gasteiger partial charge in [0.1, 0.15) is 23.2 Å². The van der Waals surface area contributed by atoms with E-state index in [9.17, 15) is 10.4 Å². The third kappa shape index (κ3) is 2.82. The predicted molar refractivity (Wildman–Crippen MR) is 85.7 cm³/mol. The highest BCUT2D eigenvalue weighted by molar-refractivity contribution is 5.85. The summed E-state index contributed by atoms with van der Waals surface area (Å²) in [7, 11) is 0. The van der Waals surface area contributed by atoms with E-state index in [0.717, 1.165) is 19.5 Å². The number of nitriles is 1.